The van der Waals surface area contributed by atoms with E-state index in [1.807, 2.05) is 0 Å². The molecule has 31 heavy (non-hydrogen) atoms. The molecule has 0 saturated carbocycles. The Morgan fingerprint density at radius 2 is 1.90 bits per heavy atom. The summed E-state index contributed by atoms with van der Waals surface area (Å²) >= 11 is 0. The maximum Gasteiger partial charge on any atom is 0.407 e. The van der Waals surface area contributed by atoms with E-state index in [4.69, 9.17) is 5.73 Å². The van der Waals surface area contributed by atoms with Crippen LogP contribution in [0, 0.1) is 11.3 Å². The number of nitrogens with zero attached hydrogens (tertiary/aromatic N) is 4. The first-order chi connectivity index (χ1) is 14.8. The van der Waals surface area contributed by atoms with Gasteiger partial charge in [-0.25, -0.2) is 4.79 Å². The molecule has 2 aromatic rings. The Bertz CT molecular complexity index is 1030. The van der Waals surface area contributed by atoms with Crippen molar-refractivity contribution in [1.29, 1.82) is 5.26 Å². The van der Waals surface area contributed by atoms with Crippen LogP contribution in [0.1, 0.15) is 40.0 Å². The van der Waals surface area contributed by atoms with E-state index in [0.29, 0.717) is 24.1 Å². The summed E-state index contributed by atoms with van der Waals surface area (Å²) in [5, 5.41) is 28.6. The lowest BCUT2D eigenvalue weighted by atomic mass is 9.85. The van der Waals surface area contributed by atoms with Crippen LogP contribution in [0.2, 0.25) is 0 Å². The molecule has 0 aliphatic carbocycles. The minimum Gasteiger partial charge on any atom is -0.465 e. The molecular formula is C20H23N7O4. The van der Waals surface area contributed by atoms with E-state index in [1.165, 1.54) is 18.1 Å². The summed E-state index contributed by atoms with van der Waals surface area (Å²) in [5.74, 6) is -0.691. The van der Waals surface area contributed by atoms with Gasteiger partial charge in [-0.1, -0.05) is 0 Å². The fourth-order valence-electron chi connectivity index (χ4n) is 3.62. The van der Waals surface area contributed by atoms with Crippen LogP contribution < -0.4 is 16.4 Å². The van der Waals surface area contributed by atoms with E-state index in [0.717, 1.165) is 0 Å². The van der Waals surface area contributed by atoms with Crippen LogP contribution in [-0.2, 0) is 5.54 Å². The molecule has 0 spiro atoms. The number of nitriles is 1. The van der Waals surface area contributed by atoms with E-state index < -0.39 is 17.5 Å². The maximum atomic E-state index is 12.0. The highest BCUT2D eigenvalue weighted by molar-refractivity contribution is 5.98. The van der Waals surface area contributed by atoms with Gasteiger partial charge in [0.05, 0.1) is 18.0 Å². The van der Waals surface area contributed by atoms with Gasteiger partial charge in [0.1, 0.15) is 5.56 Å². The zero-order valence-electron chi connectivity index (χ0n) is 17.0. The molecule has 5 N–H and O–H groups in total. The average Bonchev–Trinajstić information content (AvgIpc) is 3.19. The normalized spacial score (nSPS) is 15.0. The van der Waals surface area contributed by atoms with Gasteiger partial charge >= 0.3 is 6.09 Å². The summed E-state index contributed by atoms with van der Waals surface area (Å²) in [6.07, 6.45) is 1.37. The van der Waals surface area contributed by atoms with Crippen LogP contribution in [0.5, 0.6) is 0 Å². The minimum atomic E-state index is -1.01. The highest BCUT2D eigenvalue weighted by Gasteiger charge is 2.39. The van der Waals surface area contributed by atoms with Gasteiger partial charge in [0.25, 0.3) is 11.8 Å². The first kappa shape index (κ1) is 21.6. The number of rotatable bonds is 6. The van der Waals surface area contributed by atoms with E-state index in [2.05, 4.69) is 21.8 Å². The van der Waals surface area contributed by atoms with Crippen LogP contribution >= 0.6 is 0 Å². The van der Waals surface area contributed by atoms with Crippen LogP contribution in [0.4, 0.5) is 16.3 Å². The number of aromatic nitrogens is 2. The number of likely N-dealkylation sites (tertiary alicyclic amines) is 1. The molecule has 1 aromatic carbocycles. The smallest absolute Gasteiger partial charge is 0.407 e. The number of primary amides is 1. The van der Waals surface area contributed by atoms with Crippen molar-refractivity contribution in [3.63, 3.8) is 0 Å². The molecule has 11 nitrogen and oxygen atoms in total. The van der Waals surface area contributed by atoms with Gasteiger partial charge in [0.2, 0.25) is 0 Å². The summed E-state index contributed by atoms with van der Waals surface area (Å²) < 4.78 is 1.55. The molecule has 1 saturated heterocycles. The quantitative estimate of drug-likeness (QED) is 0.543. The molecular weight excluding hydrogens is 402 g/mol. The van der Waals surface area contributed by atoms with Crippen molar-refractivity contribution in [2.45, 2.75) is 24.8 Å². The number of carbonyl (C=O) groups excluding carboxylic acids is 2. The Labute approximate surface area is 178 Å². The van der Waals surface area contributed by atoms with Crippen LogP contribution in [0.3, 0.4) is 0 Å². The topological polar surface area (TPSA) is 166 Å². The largest absolute Gasteiger partial charge is 0.465 e. The van der Waals surface area contributed by atoms with Gasteiger partial charge < -0.3 is 26.4 Å². The van der Waals surface area contributed by atoms with Crippen molar-refractivity contribution < 1.29 is 19.5 Å². The summed E-state index contributed by atoms with van der Waals surface area (Å²) in [4.78, 5) is 36.2. The molecule has 3 rings (SSSR count). The number of piperidine rings is 1. The second-order valence-corrected chi connectivity index (χ2v) is 7.31. The number of benzene rings is 1. The standard InChI is InChI=1S/C20H23N7O4/c1-23-18(29)13-2-4-14(5-3-13)24-17-15(16(22)28)12-27(25-17)20(6-9-21)7-10-26(11-8-20)19(30)31/h2-5,12H,6-8,10-11H2,1H3,(H2,22,28)(H,23,29)(H,24,25)(H,30,31). The molecule has 162 valence electrons. The third kappa shape index (κ3) is 4.42. The number of nitrogens with one attached hydrogen (secondary N) is 2. The molecule has 1 aliphatic heterocycles. The first-order valence-electron chi connectivity index (χ1n) is 9.63. The van der Waals surface area contributed by atoms with E-state index in [-0.39, 0.29) is 36.8 Å². The third-order valence-corrected chi connectivity index (χ3v) is 5.48. The average molecular weight is 425 g/mol. The van der Waals surface area contributed by atoms with Crippen molar-refractivity contribution >= 4 is 29.4 Å². The van der Waals surface area contributed by atoms with Crippen molar-refractivity contribution in [2.75, 3.05) is 25.5 Å². The fourth-order valence-corrected chi connectivity index (χ4v) is 3.62. The Balaban J connectivity index is 1.90. The number of amides is 3. The maximum absolute atomic E-state index is 12.0. The van der Waals surface area contributed by atoms with Crippen LogP contribution in [0.15, 0.2) is 30.5 Å². The molecule has 0 unspecified atom stereocenters. The number of nitrogens with two attached hydrogens (primary N) is 1. The van der Waals surface area contributed by atoms with E-state index in [9.17, 15) is 24.8 Å². The summed E-state index contributed by atoms with van der Waals surface area (Å²) in [6, 6.07) is 8.74. The lowest BCUT2D eigenvalue weighted by molar-refractivity contribution is 0.0887. The molecule has 1 aromatic heterocycles. The molecule has 3 amide bonds. The van der Waals surface area contributed by atoms with Crippen molar-refractivity contribution in [2.24, 2.45) is 5.73 Å². The third-order valence-electron chi connectivity index (χ3n) is 5.48. The molecule has 1 fully saturated rings. The summed E-state index contributed by atoms with van der Waals surface area (Å²) in [6.45, 7) is 0.513. The Morgan fingerprint density at radius 3 is 2.42 bits per heavy atom. The predicted octanol–water partition coefficient (Wildman–Crippen LogP) is 1.47. The number of hydrogen-bond donors (Lipinski definition) is 4. The Morgan fingerprint density at radius 1 is 1.26 bits per heavy atom. The fraction of sp³-hybridized carbons (Fsp3) is 0.350. The predicted molar refractivity (Wildman–Crippen MR) is 111 cm³/mol. The van der Waals surface area contributed by atoms with Crippen molar-refractivity contribution in [3.8, 4) is 6.07 Å². The summed E-state index contributed by atoms with van der Waals surface area (Å²) in [5.41, 5.74) is 6.01. The highest BCUT2D eigenvalue weighted by atomic mass is 16.4. The SMILES string of the molecule is CNC(=O)c1ccc(Nc2nn(C3(CC#N)CCN(C(=O)O)CC3)cc2C(N)=O)cc1. The molecule has 2 heterocycles. The second kappa shape index (κ2) is 8.74. The van der Waals surface area contributed by atoms with Crippen LogP contribution in [-0.4, -0.2) is 57.8 Å². The summed E-state index contributed by atoms with van der Waals surface area (Å²) in [7, 11) is 1.54. The second-order valence-electron chi connectivity index (χ2n) is 7.31. The van der Waals surface area contributed by atoms with Gasteiger partial charge in [-0.2, -0.15) is 10.4 Å². The van der Waals surface area contributed by atoms with Gasteiger partial charge in [-0.3, -0.25) is 14.3 Å². The first-order valence-corrected chi connectivity index (χ1v) is 9.63. The number of anilines is 2. The van der Waals surface area contributed by atoms with Crippen LogP contribution in [0.25, 0.3) is 0 Å². The van der Waals surface area contributed by atoms with E-state index in [1.54, 1.807) is 28.9 Å². The molecule has 11 heteroatoms. The zero-order chi connectivity index (χ0) is 22.6. The lowest BCUT2D eigenvalue weighted by Crippen LogP contribution is -2.47. The Kier molecular flexibility index (Phi) is 6.10. The number of carboxylic acid groups (broad SMARTS) is 1. The van der Waals surface area contributed by atoms with Gasteiger partial charge in [0, 0.05) is 37.6 Å². The van der Waals surface area contributed by atoms with Gasteiger partial charge in [0.15, 0.2) is 5.82 Å². The monoisotopic (exact) mass is 425 g/mol. The molecule has 0 atom stereocenters. The van der Waals surface area contributed by atoms with Crippen molar-refractivity contribution in [1.82, 2.24) is 20.0 Å². The minimum absolute atomic E-state index is 0.112. The molecule has 0 radical (unpaired) electrons. The van der Waals surface area contributed by atoms with E-state index >= 15 is 0 Å². The lowest BCUT2D eigenvalue weighted by Gasteiger charge is -2.39. The van der Waals surface area contributed by atoms with Crippen molar-refractivity contribution in [3.05, 3.63) is 41.6 Å². The van der Waals surface area contributed by atoms with Gasteiger partial charge in [-0.05, 0) is 37.1 Å². The molecule has 1 aliphatic rings. The number of carbonyl (C=O) groups is 3. The molecule has 0 bridgehead atoms. The highest BCUT2D eigenvalue weighted by Crippen LogP contribution is 2.35. The number of hydrogen-bond acceptors (Lipinski definition) is 6. The zero-order valence-corrected chi connectivity index (χ0v) is 17.0. The Hall–Kier alpha value is -4.07. The van der Waals surface area contributed by atoms with Gasteiger partial charge in [-0.15, -0.1) is 0 Å².